The molecule has 1 amide bonds. The Balaban J connectivity index is 1.75. The number of benzene rings is 3. The van der Waals surface area contributed by atoms with Gasteiger partial charge in [0.2, 0.25) is 0 Å². The lowest BCUT2D eigenvalue weighted by molar-refractivity contribution is -0.141. The third-order valence-corrected chi connectivity index (χ3v) is 6.00. The number of nitrogens with zero attached hydrogens (tertiary/aromatic N) is 2. The van der Waals surface area contributed by atoms with Crippen LogP contribution >= 0.6 is 0 Å². The molecule has 1 N–H and O–H groups in total. The highest BCUT2D eigenvalue weighted by atomic mass is 19.2. The first kappa shape index (κ1) is 22.9. The van der Waals surface area contributed by atoms with E-state index in [0.29, 0.717) is 22.4 Å². The van der Waals surface area contributed by atoms with Gasteiger partial charge >= 0.3 is 5.97 Å². The van der Waals surface area contributed by atoms with Gasteiger partial charge in [0, 0.05) is 16.7 Å². The standard InChI is InChI=1S/C26H20F2N2O4/c1-34-23-13-17(8-9-18(23)16-5-2-4-15(12-16)14-29)25(31)30-21(10-11-22(30)26(32)33)19-6-3-7-20(27)24(19)28/h2-9,12-13,21-22H,10-11H2,1H3,(H,32,33)/t21-,22+/m1/s1. The maximum atomic E-state index is 14.5. The lowest BCUT2D eigenvalue weighted by atomic mass is 9.99. The smallest absolute Gasteiger partial charge is 0.326 e. The summed E-state index contributed by atoms with van der Waals surface area (Å²) >= 11 is 0. The van der Waals surface area contributed by atoms with Gasteiger partial charge in [0.1, 0.15) is 11.8 Å². The van der Waals surface area contributed by atoms with E-state index in [2.05, 4.69) is 6.07 Å². The van der Waals surface area contributed by atoms with Crippen LogP contribution in [0.2, 0.25) is 0 Å². The van der Waals surface area contributed by atoms with Gasteiger partial charge < -0.3 is 14.7 Å². The third-order valence-electron chi connectivity index (χ3n) is 6.00. The van der Waals surface area contributed by atoms with Crippen molar-refractivity contribution in [2.45, 2.75) is 24.9 Å². The van der Waals surface area contributed by atoms with Gasteiger partial charge in [-0.15, -0.1) is 0 Å². The van der Waals surface area contributed by atoms with Crippen molar-refractivity contribution in [1.29, 1.82) is 5.26 Å². The van der Waals surface area contributed by atoms with Gasteiger partial charge in [0.25, 0.3) is 5.91 Å². The lowest BCUT2D eigenvalue weighted by Crippen LogP contribution is -2.42. The molecule has 1 saturated heterocycles. The Labute approximate surface area is 194 Å². The zero-order valence-corrected chi connectivity index (χ0v) is 18.2. The Hall–Kier alpha value is -4.25. The van der Waals surface area contributed by atoms with Gasteiger partial charge in [0.05, 0.1) is 24.8 Å². The largest absolute Gasteiger partial charge is 0.496 e. The number of ether oxygens (including phenoxy) is 1. The highest BCUT2D eigenvalue weighted by molar-refractivity contribution is 5.98. The Bertz CT molecular complexity index is 1320. The van der Waals surface area contributed by atoms with Crippen molar-refractivity contribution in [1.82, 2.24) is 4.90 Å². The Morgan fingerprint density at radius 3 is 2.56 bits per heavy atom. The Morgan fingerprint density at radius 1 is 1.09 bits per heavy atom. The molecule has 8 heteroatoms. The summed E-state index contributed by atoms with van der Waals surface area (Å²) in [5.41, 5.74) is 1.89. The van der Waals surface area contributed by atoms with Crippen LogP contribution < -0.4 is 4.74 Å². The minimum absolute atomic E-state index is 0.0611. The van der Waals surface area contributed by atoms with E-state index >= 15 is 0 Å². The fourth-order valence-electron chi connectivity index (χ4n) is 4.39. The molecule has 1 aliphatic rings. The summed E-state index contributed by atoms with van der Waals surface area (Å²) in [6.45, 7) is 0. The number of carbonyl (C=O) groups excluding carboxylic acids is 1. The van der Waals surface area contributed by atoms with Crippen molar-refractivity contribution < 1.29 is 28.2 Å². The van der Waals surface area contributed by atoms with E-state index in [9.17, 15) is 23.5 Å². The molecule has 1 heterocycles. The second-order valence-electron chi connectivity index (χ2n) is 7.91. The van der Waals surface area contributed by atoms with E-state index in [4.69, 9.17) is 10.00 Å². The minimum atomic E-state index is -1.22. The average molecular weight is 462 g/mol. The summed E-state index contributed by atoms with van der Waals surface area (Å²) in [7, 11) is 1.43. The summed E-state index contributed by atoms with van der Waals surface area (Å²) in [4.78, 5) is 26.5. The molecule has 34 heavy (non-hydrogen) atoms. The molecule has 1 aliphatic heterocycles. The zero-order chi connectivity index (χ0) is 24.4. The topological polar surface area (TPSA) is 90.6 Å². The SMILES string of the molecule is COc1cc(C(=O)N2[C@@H](c3cccc(F)c3F)CC[C@H]2C(=O)O)ccc1-c1cccc(C#N)c1. The number of likely N-dealkylation sites (tertiary alicyclic amines) is 1. The number of methoxy groups -OCH3 is 1. The van der Waals surface area contributed by atoms with Crippen molar-refractivity contribution in [2.75, 3.05) is 7.11 Å². The Morgan fingerprint density at radius 2 is 1.85 bits per heavy atom. The van der Waals surface area contributed by atoms with Crippen LogP contribution in [0.25, 0.3) is 11.1 Å². The molecular weight excluding hydrogens is 442 g/mol. The quantitative estimate of drug-likeness (QED) is 0.580. The van der Waals surface area contributed by atoms with Crippen LogP contribution in [0.5, 0.6) is 5.75 Å². The number of rotatable bonds is 5. The first-order valence-electron chi connectivity index (χ1n) is 10.5. The van der Waals surface area contributed by atoms with Crippen LogP contribution in [-0.4, -0.2) is 35.0 Å². The van der Waals surface area contributed by atoms with E-state index in [1.54, 1.807) is 30.3 Å². The predicted molar refractivity (Wildman–Crippen MR) is 119 cm³/mol. The van der Waals surface area contributed by atoms with Crippen LogP contribution in [0.1, 0.15) is 40.4 Å². The molecule has 172 valence electrons. The van der Waals surface area contributed by atoms with Crippen molar-refractivity contribution in [2.24, 2.45) is 0 Å². The van der Waals surface area contributed by atoms with E-state index in [-0.39, 0.29) is 24.0 Å². The molecule has 0 spiro atoms. The second kappa shape index (κ2) is 9.32. The highest BCUT2D eigenvalue weighted by Gasteiger charge is 2.43. The maximum Gasteiger partial charge on any atom is 0.326 e. The predicted octanol–water partition coefficient (Wildman–Crippen LogP) is 4.94. The third kappa shape index (κ3) is 4.08. The molecule has 0 radical (unpaired) electrons. The van der Waals surface area contributed by atoms with Gasteiger partial charge in [-0.1, -0.05) is 24.3 Å². The van der Waals surface area contributed by atoms with E-state index in [0.717, 1.165) is 11.0 Å². The van der Waals surface area contributed by atoms with Crippen LogP contribution in [-0.2, 0) is 4.79 Å². The number of carbonyl (C=O) groups is 2. The van der Waals surface area contributed by atoms with E-state index in [1.807, 2.05) is 0 Å². The highest BCUT2D eigenvalue weighted by Crippen LogP contribution is 2.40. The van der Waals surface area contributed by atoms with E-state index in [1.165, 1.54) is 31.4 Å². The number of hydrogen-bond donors (Lipinski definition) is 1. The van der Waals surface area contributed by atoms with Gasteiger partial charge in [-0.2, -0.15) is 5.26 Å². The summed E-state index contributed by atoms with van der Waals surface area (Å²) in [6, 6.07) is 15.1. The van der Waals surface area contributed by atoms with Crippen molar-refractivity contribution >= 4 is 11.9 Å². The summed E-state index contributed by atoms with van der Waals surface area (Å²) in [5.74, 6) is -3.66. The normalized spacial score (nSPS) is 17.3. The first-order valence-corrected chi connectivity index (χ1v) is 10.5. The molecule has 3 aromatic carbocycles. The second-order valence-corrected chi connectivity index (χ2v) is 7.91. The molecule has 6 nitrogen and oxygen atoms in total. The lowest BCUT2D eigenvalue weighted by Gasteiger charge is -2.29. The Kier molecular flexibility index (Phi) is 6.28. The van der Waals surface area contributed by atoms with Crippen molar-refractivity contribution in [3.05, 3.63) is 89.0 Å². The zero-order valence-electron chi connectivity index (χ0n) is 18.2. The van der Waals surface area contributed by atoms with Crippen LogP contribution in [0.3, 0.4) is 0 Å². The summed E-state index contributed by atoms with van der Waals surface area (Å²) in [5, 5.41) is 18.9. The van der Waals surface area contributed by atoms with Gasteiger partial charge in [-0.25, -0.2) is 13.6 Å². The number of hydrogen-bond acceptors (Lipinski definition) is 4. The number of nitriles is 1. The van der Waals surface area contributed by atoms with Crippen LogP contribution in [0.4, 0.5) is 8.78 Å². The van der Waals surface area contributed by atoms with Crippen LogP contribution in [0.15, 0.2) is 60.7 Å². The molecule has 3 aromatic rings. The number of amides is 1. The van der Waals surface area contributed by atoms with Crippen LogP contribution in [0, 0.1) is 23.0 Å². The number of halogens is 2. The van der Waals surface area contributed by atoms with Crippen molar-refractivity contribution in [3.8, 4) is 22.9 Å². The van der Waals surface area contributed by atoms with Gasteiger partial charge in [0.15, 0.2) is 11.6 Å². The fourth-order valence-corrected chi connectivity index (χ4v) is 4.39. The summed E-state index contributed by atoms with van der Waals surface area (Å²) in [6.07, 6.45) is 0.289. The molecule has 0 aliphatic carbocycles. The van der Waals surface area contributed by atoms with E-state index < -0.39 is 35.6 Å². The molecule has 1 fully saturated rings. The van der Waals surface area contributed by atoms with Crippen molar-refractivity contribution in [3.63, 3.8) is 0 Å². The monoisotopic (exact) mass is 462 g/mol. The minimum Gasteiger partial charge on any atom is -0.496 e. The molecular formula is C26H20F2N2O4. The fraction of sp³-hybridized carbons (Fsp3) is 0.192. The molecule has 0 bridgehead atoms. The number of carboxylic acid groups (broad SMARTS) is 1. The molecule has 2 atom stereocenters. The maximum absolute atomic E-state index is 14.5. The average Bonchev–Trinajstić information content (AvgIpc) is 3.30. The van der Waals surface area contributed by atoms with Gasteiger partial charge in [-0.3, -0.25) is 4.79 Å². The molecule has 0 saturated carbocycles. The molecule has 0 aromatic heterocycles. The molecule has 4 rings (SSSR count). The number of carboxylic acids is 1. The summed E-state index contributed by atoms with van der Waals surface area (Å²) < 4.78 is 33.9. The van der Waals surface area contributed by atoms with Gasteiger partial charge in [-0.05, 0) is 54.8 Å². The molecule has 0 unspecified atom stereocenters. The first-order chi connectivity index (χ1) is 16.3. The number of aliphatic carboxylic acids is 1.